The number of nitrogens with zero attached hydrogens (tertiary/aromatic N) is 2. The second-order valence-electron chi connectivity index (χ2n) is 5.32. The summed E-state index contributed by atoms with van der Waals surface area (Å²) in [5.41, 5.74) is 0.322. The first kappa shape index (κ1) is 14.6. The van der Waals surface area contributed by atoms with Gasteiger partial charge in [-0.05, 0) is 19.0 Å². The van der Waals surface area contributed by atoms with Crippen LogP contribution in [0.5, 0.6) is 0 Å². The average molecular weight is 304 g/mol. The molecule has 2 heterocycles. The molecule has 2 aromatic rings. The summed E-state index contributed by atoms with van der Waals surface area (Å²) in [4.78, 5) is 16.5. The number of halogens is 1. The van der Waals surface area contributed by atoms with E-state index in [-0.39, 0.29) is 17.6 Å². The maximum absolute atomic E-state index is 14.1. The Morgan fingerprint density at radius 1 is 1.50 bits per heavy atom. The number of aryl methyl sites for hydroxylation is 1. The van der Waals surface area contributed by atoms with E-state index in [1.165, 1.54) is 6.07 Å². The van der Waals surface area contributed by atoms with Crippen LogP contribution in [0, 0.1) is 18.7 Å². The van der Waals surface area contributed by atoms with E-state index in [1.54, 1.807) is 25.1 Å². The number of nitrogens with one attached hydrogen (secondary N) is 2. The van der Waals surface area contributed by atoms with Crippen molar-refractivity contribution in [1.29, 1.82) is 0 Å². The molecular weight excluding hydrogens is 287 g/mol. The van der Waals surface area contributed by atoms with Crippen LogP contribution in [0.2, 0.25) is 0 Å². The van der Waals surface area contributed by atoms with E-state index >= 15 is 0 Å². The van der Waals surface area contributed by atoms with Crippen molar-refractivity contribution < 1.29 is 13.7 Å². The largest absolute Gasteiger partial charge is 0.341 e. The Morgan fingerprint density at radius 3 is 2.95 bits per heavy atom. The van der Waals surface area contributed by atoms with Crippen molar-refractivity contribution in [2.75, 3.05) is 13.1 Å². The summed E-state index contributed by atoms with van der Waals surface area (Å²) in [5.74, 6) is -0.0576. The molecule has 1 fully saturated rings. The monoisotopic (exact) mass is 304 g/mol. The topological polar surface area (TPSA) is 80.0 Å². The van der Waals surface area contributed by atoms with Gasteiger partial charge in [-0.25, -0.2) is 4.39 Å². The maximum Gasteiger partial charge on any atom is 0.225 e. The highest BCUT2D eigenvalue weighted by atomic mass is 19.1. The van der Waals surface area contributed by atoms with Crippen molar-refractivity contribution >= 4 is 5.91 Å². The molecule has 116 valence electrons. The van der Waals surface area contributed by atoms with E-state index in [9.17, 15) is 9.18 Å². The normalized spacial score (nSPS) is 19.1. The molecule has 1 aliphatic heterocycles. The zero-order valence-electron chi connectivity index (χ0n) is 12.2. The SMILES string of the molecule is Cc1nc([C@@H](NC(=O)[C@@H]2CCNC2)c2ccccc2F)no1. The summed E-state index contributed by atoms with van der Waals surface area (Å²) >= 11 is 0. The first-order chi connectivity index (χ1) is 10.6. The van der Waals surface area contributed by atoms with Gasteiger partial charge in [-0.3, -0.25) is 4.79 Å². The zero-order valence-corrected chi connectivity index (χ0v) is 12.2. The molecule has 1 aromatic heterocycles. The summed E-state index contributed by atoms with van der Waals surface area (Å²) in [6, 6.07) is 5.51. The number of amides is 1. The third kappa shape index (κ3) is 2.99. The van der Waals surface area contributed by atoms with Gasteiger partial charge in [0.25, 0.3) is 0 Å². The van der Waals surface area contributed by atoms with Crippen molar-refractivity contribution in [3.63, 3.8) is 0 Å². The van der Waals surface area contributed by atoms with E-state index in [2.05, 4.69) is 20.8 Å². The average Bonchev–Trinajstić information content (AvgIpc) is 3.17. The van der Waals surface area contributed by atoms with Crippen molar-refractivity contribution in [2.45, 2.75) is 19.4 Å². The number of carbonyl (C=O) groups is 1. The Balaban J connectivity index is 1.89. The summed E-state index contributed by atoms with van der Waals surface area (Å²) < 4.78 is 19.1. The summed E-state index contributed by atoms with van der Waals surface area (Å²) in [7, 11) is 0. The van der Waals surface area contributed by atoms with Crippen molar-refractivity contribution in [1.82, 2.24) is 20.8 Å². The Hall–Kier alpha value is -2.28. The van der Waals surface area contributed by atoms with Crippen molar-refractivity contribution in [3.05, 3.63) is 47.4 Å². The van der Waals surface area contributed by atoms with Crippen LogP contribution in [0.25, 0.3) is 0 Å². The minimum absolute atomic E-state index is 0.123. The minimum atomic E-state index is -0.758. The number of rotatable bonds is 4. The Kier molecular flexibility index (Phi) is 4.15. The highest BCUT2D eigenvalue weighted by Crippen LogP contribution is 2.23. The molecule has 7 heteroatoms. The fourth-order valence-corrected chi connectivity index (χ4v) is 2.56. The molecule has 0 bridgehead atoms. The molecule has 0 unspecified atom stereocenters. The minimum Gasteiger partial charge on any atom is -0.341 e. The molecular formula is C15H17FN4O2. The Morgan fingerprint density at radius 2 is 2.32 bits per heavy atom. The molecule has 2 N–H and O–H groups in total. The first-order valence-electron chi connectivity index (χ1n) is 7.21. The molecule has 2 atom stereocenters. The lowest BCUT2D eigenvalue weighted by atomic mass is 10.0. The lowest BCUT2D eigenvalue weighted by molar-refractivity contribution is -0.125. The van der Waals surface area contributed by atoms with E-state index < -0.39 is 11.9 Å². The van der Waals surface area contributed by atoms with Gasteiger partial charge in [-0.1, -0.05) is 23.4 Å². The van der Waals surface area contributed by atoms with Gasteiger partial charge in [0.2, 0.25) is 11.8 Å². The van der Waals surface area contributed by atoms with Gasteiger partial charge >= 0.3 is 0 Å². The van der Waals surface area contributed by atoms with Crippen LogP contribution in [-0.4, -0.2) is 29.1 Å². The van der Waals surface area contributed by atoms with E-state index in [0.29, 0.717) is 18.0 Å². The van der Waals surface area contributed by atoms with Crippen LogP contribution in [0.3, 0.4) is 0 Å². The molecule has 22 heavy (non-hydrogen) atoms. The second-order valence-corrected chi connectivity index (χ2v) is 5.32. The number of aromatic nitrogens is 2. The van der Waals surface area contributed by atoms with Crippen molar-refractivity contribution in [3.8, 4) is 0 Å². The van der Waals surface area contributed by atoms with Crippen LogP contribution in [-0.2, 0) is 4.79 Å². The number of hydrogen-bond acceptors (Lipinski definition) is 5. The highest BCUT2D eigenvalue weighted by Gasteiger charge is 2.29. The van der Waals surface area contributed by atoms with Gasteiger partial charge in [-0.15, -0.1) is 0 Å². The smallest absolute Gasteiger partial charge is 0.225 e. The van der Waals surface area contributed by atoms with E-state index in [4.69, 9.17) is 4.52 Å². The van der Waals surface area contributed by atoms with Crippen LogP contribution in [0.4, 0.5) is 4.39 Å². The van der Waals surface area contributed by atoms with Crippen LogP contribution in [0.1, 0.15) is 29.7 Å². The van der Waals surface area contributed by atoms with Crippen LogP contribution >= 0.6 is 0 Å². The molecule has 0 radical (unpaired) electrons. The molecule has 3 rings (SSSR count). The second kappa shape index (κ2) is 6.23. The standard InChI is InChI=1S/C15H17FN4O2/c1-9-18-14(20-22-9)13(11-4-2-3-5-12(11)16)19-15(21)10-6-7-17-8-10/h2-5,10,13,17H,6-8H2,1H3,(H,19,21)/t10-,13+/m1/s1. The third-order valence-electron chi connectivity index (χ3n) is 3.74. The van der Waals surface area contributed by atoms with Gasteiger partial charge in [0.05, 0.1) is 5.92 Å². The predicted octanol–water partition coefficient (Wildman–Crippen LogP) is 1.33. The number of hydrogen-bond donors (Lipinski definition) is 2. The molecule has 1 aliphatic rings. The summed E-state index contributed by atoms with van der Waals surface area (Å²) in [6.45, 7) is 3.09. The van der Waals surface area contributed by atoms with Crippen LogP contribution < -0.4 is 10.6 Å². The summed E-state index contributed by atoms with van der Waals surface area (Å²) in [6.07, 6.45) is 0.765. The predicted molar refractivity (Wildman–Crippen MR) is 76.4 cm³/mol. The van der Waals surface area contributed by atoms with Gasteiger partial charge in [0.1, 0.15) is 11.9 Å². The fraction of sp³-hybridized carbons (Fsp3) is 0.400. The zero-order chi connectivity index (χ0) is 15.5. The number of carbonyl (C=O) groups excluding carboxylic acids is 1. The molecule has 1 amide bonds. The van der Waals surface area contributed by atoms with Crippen molar-refractivity contribution in [2.24, 2.45) is 5.92 Å². The lowest BCUT2D eigenvalue weighted by Gasteiger charge is -2.18. The molecule has 0 aliphatic carbocycles. The van der Waals surface area contributed by atoms with Gasteiger partial charge < -0.3 is 15.2 Å². The number of benzene rings is 1. The lowest BCUT2D eigenvalue weighted by Crippen LogP contribution is -2.36. The quantitative estimate of drug-likeness (QED) is 0.891. The highest BCUT2D eigenvalue weighted by molar-refractivity contribution is 5.80. The third-order valence-corrected chi connectivity index (χ3v) is 3.74. The molecule has 1 aromatic carbocycles. The van der Waals surface area contributed by atoms with Gasteiger partial charge in [0, 0.05) is 19.0 Å². The first-order valence-corrected chi connectivity index (χ1v) is 7.21. The maximum atomic E-state index is 14.1. The van der Waals surface area contributed by atoms with E-state index in [0.717, 1.165) is 13.0 Å². The van der Waals surface area contributed by atoms with E-state index in [1.807, 2.05) is 0 Å². The van der Waals surface area contributed by atoms with Gasteiger partial charge in [-0.2, -0.15) is 4.98 Å². The fourth-order valence-electron chi connectivity index (χ4n) is 2.56. The Labute approximate surface area is 127 Å². The van der Waals surface area contributed by atoms with Crippen LogP contribution in [0.15, 0.2) is 28.8 Å². The molecule has 0 saturated carbocycles. The van der Waals surface area contributed by atoms with Gasteiger partial charge in [0.15, 0.2) is 5.82 Å². The molecule has 1 saturated heterocycles. The summed E-state index contributed by atoms with van der Waals surface area (Å²) in [5, 5.41) is 9.81. The molecule has 6 nitrogen and oxygen atoms in total. The Bertz CT molecular complexity index is 667. The molecule has 0 spiro atoms.